The summed E-state index contributed by atoms with van der Waals surface area (Å²) < 4.78 is 14.9. The van der Waals surface area contributed by atoms with Crippen LogP contribution in [0.4, 0.5) is 4.39 Å². The van der Waals surface area contributed by atoms with Gasteiger partial charge in [-0.15, -0.1) is 0 Å². The average Bonchev–Trinajstić information content (AvgIpc) is 3.44. The molecule has 1 saturated carbocycles. The molecular weight excluding hydrogens is 355 g/mol. The molecule has 1 unspecified atom stereocenters. The van der Waals surface area contributed by atoms with E-state index in [0.29, 0.717) is 29.4 Å². The molecule has 0 bridgehead atoms. The van der Waals surface area contributed by atoms with Crippen molar-refractivity contribution in [1.29, 1.82) is 0 Å². The Morgan fingerprint density at radius 3 is 2.68 bits per heavy atom. The molecule has 2 aromatic carbocycles. The molecule has 5 nitrogen and oxygen atoms in total. The van der Waals surface area contributed by atoms with E-state index in [9.17, 15) is 9.18 Å². The molecular formula is C22H23FN4O. The summed E-state index contributed by atoms with van der Waals surface area (Å²) >= 11 is 0. The predicted molar refractivity (Wildman–Crippen MR) is 107 cm³/mol. The minimum absolute atomic E-state index is 0.0213. The van der Waals surface area contributed by atoms with Crippen LogP contribution in [0.25, 0.3) is 16.9 Å². The SMILES string of the molecule is Cc1cccc(-c2nn(-c3ccc(F)cc3)cc2C(=O)NC(CN)C2CC2)c1. The number of rotatable bonds is 6. The van der Waals surface area contributed by atoms with Crippen molar-refractivity contribution in [2.75, 3.05) is 6.54 Å². The monoisotopic (exact) mass is 378 g/mol. The van der Waals surface area contributed by atoms with Crippen LogP contribution in [0.1, 0.15) is 28.8 Å². The highest BCUT2D eigenvalue weighted by molar-refractivity contribution is 6.00. The fourth-order valence-corrected chi connectivity index (χ4v) is 3.39. The summed E-state index contributed by atoms with van der Waals surface area (Å²) in [6, 6.07) is 13.9. The van der Waals surface area contributed by atoms with Crippen molar-refractivity contribution in [3.05, 3.63) is 71.7 Å². The van der Waals surface area contributed by atoms with Gasteiger partial charge in [-0.25, -0.2) is 9.07 Å². The molecule has 3 aromatic rings. The van der Waals surface area contributed by atoms with E-state index in [1.54, 1.807) is 23.0 Å². The molecule has 0 saturated heterocycles. The lowest BCUT2D eigenvalue weighted by atomic mass is 10.0. The number of nitrogens with one attached hydrogen (secondary N) is 1. The van der Waals surface area contributed by atoms with Gasteiger partial charge in [0, 0.05) is 24.3 Å². The number of aromatic nitrogens is 2. The fourth-order valence-electron chi connectivity index (χ4n) is 3.39. The van der Waals surface area contributed by atoms with Crippen LogP contribution in [0, 0.1) is 18.7 Å². The van der Waals surface area contributed by atoms with Crippen LogP contribution in [0.2, 0.25) is 0 Å². The standard InChI is InChI=1S/C22H23FN4O/c1-14-3-2-4-16(11-14)21-19(22(28)25-20(12-24)15-5-6-15)13-27(26-21)18-9-7-17(23)8-10-18/h2-4,7-11,13,15,20H,5-6,12,24H2,1H3,(H,25,28). The van der Waals surface area contributed by atoms with Gasteiger partial charge in [-0.3, -0.25) is 4.79 Å². The summed E-state index contributed by atoms with van der Waals surface area (Å²) in [6.07, 6.45) is 3.89. The number of amides is 1. The van der Waals surface area contributed by atoms with Gasteiger partial charge in [0.05, 0.1) is 11.3 Å². The number of halogens is 1. The maximum Gasteiger partial charge on any atom is 0.255 e. The van der Waals surface area contributed by atoms with Gasteiger partial charge in [-0.2, -0.15) is 5.10 Å². The zero-order valence-electron chi connectivity index (χ0n) is 15.7. The first kappa shape index (κ1) is 18.4. The minimum atomic E-state index is -0.317. The number of nitrogens with zero attached hydrogens (tertiary/aromatic N) is 2. The molecule has 1 atom stereocenters. The van der Waals surface area contributed by atoms with Crippen LogP contribution < -0.4 is 11.1 Å². The Labute approximate surface area is 163 Å². The van der Waals surface area contributed by atoms with E-state index < -0.39 is 0 Å². The number of hydrogen-bond donors (Lipinski definition) is 2. The zero-order chi connectivity index (χ0) is 19.7. The third kappa shape index (κ3) is 3.82. The molecule has 4 rings (SSSR count). The molecule has 1 aliphatic carbocycles. The molecule has 0 aliphatic heterocycles. The maximum atomic E-state index is 13.3. The number of aryl methyl sites for hydroxylation is 1. The summed E-state index contributed by atoms with van der Waals surface area (Å²) in [5.74, 6) is -0.0428. The zero-order valence-corrected chi connectivity index (χ0v) is 15.7. The van der Waals surface area contributed by atoms with Crippen LogP contribution in [0.15, 0.2) is 54.7 Å². The van der Waals surface area contributed by atoms with Crippen molar-refractivity contribution >= 4 is 5.91 Å². The van der Waals surface area contributed by atoms with Gasteiger partial charge < -0.3 is 11.1 Å². The number of carbonyl (C=O) groups excluding carboxylic acids is 1. The normalized spacial score (nSPS) is 14.7. The molecule has 1 aliphatic rings. The van der Waals surface area contributed by atoms with Crippen molar-refractivity contribution in [2.24, 2.45) is 11.7 Å². The van der Waals surface area contributed by atoms with E-state index in [0.717, 1.165) is 24.0 Å². The molecule has 6 heteroatoms. The van der Waals surface area contributed by atoms with Crippen molar-refractivity contribution < 1.29 is 9.18 Å². The summed E-state index contributed by atoms with van der Waals surface area (Å²) in [4.78, 5) is 13.0. The first-order valence-corrected chi connectivity index (χ1v) is 9.48. The third-order valence-corrected chi connectivity index (χ3v) is 5.10. The van der Waals surface area contributed by atoms with Gasteiger partial charge in [0.15, 0.2) is 0 Å². The summed E-state index contributed by atoms with van der Waals surface area (Å²) in [6.45, 7) is 2.42. The second-order valence-electron chi connectivity index (χ2n) is 7.33. The lowest BCUT2D eigenvalue weighted by molar-refractivity contribution is 0.0934. The topological polar surface area (TPSA) is 72.9 Å². The first-order chi connectivity index (χ1) is 13.5. The smallest absolute Gasteiger partial charge is 0.255 e. The summed E-state index contributed by atoms with van der Waals surface area (Å²) in [7, 11) is 0. The Kier molecular flexibility index (Phi) is 4.96. The van der Waals surface area contributed by atoms with Gasteiger partial charge in [0.1, 0.15) is 11.5 Å². The molecule has 0 spiro atoms. The Morgan fingerprint density at radius 2 is 2.04 bits per heavy atom. The molecule has 28 heavy (non-hydrogen) atoms. The highest BCUT2D eigenvalue weighted by atomic mass is 19.1. The second kappa shape index (κ2) is 7.56. The minimum Gasteiger partial charge on any atom is -0.348 e. The van der Waals surface area contributed by atoms with Crippen molar-refractivity contribution in [3.63, 3.8) is 0 Å². The molecule has 144 valence electrons. The van der Waals surface area contributed by atoms with Gasteiger partial charge in [0.2, 0.25) is 0 Å². The van der Waals surface area contributed by atoms with Gasteiger partial charge >= 0.3 is 0 Å². The molecule has 3 N–H and O–H groups in total. The Balaban J connectivity index is 1.74. The average molecular weight is 378 g/mol. The van der Waals surface area contributed by atoms with Gasteiger partial charge in [-0.1, -0.05) is 23.8 Å². The molecule has 1 aromatic heterocycles. The quantitative estimate of drug-likeness (QED) is 0.690. The number of benzene rings is 2. The number of hydrogen-bond acceptors (Lipinski definition) is 3. The maximum absolute atomic E-state index is 13.3. The van der Waals surface area contributed by atoms with Crippen molar-refractivity contribution in [3.8, 4) is 16.9 Å². The van der Waals surface area contributed by atoms with E-state index in [1.165, 1.54) is 12.1 Å². The van der Waals surface area contributed by atoms with Crippen LogP contribution in [0.3, 0.4) is 0 Å². The Hall–Kier alpha value is -2.99. The predicted octanol–water partition coefficient (Wildman–Crippen LogP) is 3.45. The second-order valence-corrected chi connectivity index (χ2v) is 7.33. The molecule has 1 heterocycles. The van der Waals surface area contributed by atoms with Crippen molar-refractivity contribution in [2.45, 2.75) is 25.8 Å². The summed E-state index contributed by atoms with van der Waals surface area (Å²) in [5, 5.41) is 7.70. The summed E-state index contributed by atoms with van der Waals surface area (Å²) in [5.41, 5.74) is 9.55. The van der Waals surface area contributed by atoms with E-state index >= 15 is 0 Å². The molecule has 1 amide bonds. The number of carbonyl (C=O) groups is 1. The highest BCUT2D eigenvalue weighted by Gasteiger charge is 2.32. The first-order valence-electron chi connectivity index (χ1n) is 9.48. The Morgan fingerprint density at radius 1 is 1.29 bits per heavy atom. The van der Waals surface area contributed by atoms with Crippen LogP contribution in [0.5, 0.6) is 0 Å². The largest absolute Gasteiger partial charge is 0.348 e. The highest BCUT2D eigenvalue weighted by Crippen LogP contribution is 2.32. The van der Waals surface area contributed by atoms with E-state index in [1.807, 2.05) is 31.2 Å². The lowest BCUT2D eigenvalue weighted by Crippen LogP contribution is -2.41. The van der Waals surface area contributed by atoms with Gasteiger partial charge in [-0.05, 0) is 56.0 Å². The molecule has 0 radical (unpaired) electrons. The van der Waals surface area contributed by atoms with Gasteiger partial charge in [0.25, 0.3) is 5.91 Å². The third-order valence-electron chi connectivity index (χ3n) is 5.10. The van der Waals surface area contributed by atoms with E-state index in [4.69, 9.17) is 5.73 Å². The Bertz CT molecular complexity index is 992. The van der Waals surface area contributed by atoms with E-state index in [2.05, 4.69) is 10.4 Å². The fraction of sp³-hybridized carbons (Fsp3) is 0.273. The number of nitrogens with two attached hydrogens (primary N) is 1. The molecule has 1 fully saturated rings. The van der Waals surface area contributed by atoms with E-state index in [-0.39, 0.29) is 17.8 Å². The van der Waals surface area contributed by atoms with Crippen LogP contribution in [-0.2, 0) is 0 Å². The van der Waals surface area contributed by atoms with Crippen molar-refractivity contribution in [1.82, 2.24) is 15.1 Å². The lowest BCUT2D eigenvalue weighted by Gasteiger charge is -2.15. The van der Waals surface area contributed by atoms with Crippen LogP contribution >= 0.6 is 0 Å². The van der Waals surface area contributed by atoms with Crippen LogP contribution in [-0.4, -0.2) is 28.3 Å².